The zero-order valence-electron chi connectivity index (χ0n) is 8.14. The average Bonchev–Trinajstić information content (AvgIpc) is 2.26. The van der Waals surface area contributed by atoms with Crippen LogP contribution in [0.4, 0.5) is 0 Å². The lowest BCUT2D eigenvalue weighted by Gasteiger charge is -2.09. The molecule has 0 N–H and O–H groups in total. The standard InChI is InChI=1S/C11H13NO2/c1-3-11(13)14-8-9(2)10-6-4-5-7-12-10/h3-7,9H,1,8H2,2H3. The van der Waals surface area contributed by atoms with Crippen LogP contribution in [-0.2, 0) is 9.53 Å². The third kappa shape index (κ3) is 3.01. The van der Waals surface area contributed by atoms with Gasteiger partial charge in [0, 0.05) is 23.9 Å². The molecule has 3 nitrogen and oxygen atoms in total. The molecular formula is C11H13NO2. The molecule has 0 aliphatic carbocycles. The highest BCUT2D eigenvalue weighted by atomic mass is 16.5. The minimum absolute atomic E-state index is 0.111. The van der Waals surface area contributed by atoms with Crippen LogP contribution in [0.3, 0.4) is 0 Å². The Hall–Kier alpha value is -1.64. The summed E-state index contributed by atoms with van der Waals surface area (Å²) in [5, 5.41) is 0. The number of hydrogen-bond donors (Lipinski definition) is 0. The van der Waals surface area contributed by atoms with Crippen LogP contribution in [0.5, 0.6) is 0 Å². The Bertz CT molecular complexity index is 308. The van der Waals surface area contributed by atoms with Crippen molar-refractivity contribution in [3.8, 4) is 0 Å². The number of hydrogen-bond acceptors (Lipinski definition) is 3. The van der Waals surface area contributed by atoms with Gasteiger partial charge in [0.05, 0.1) is 6.61 Å². The molecule has 1 unspecified atom stereocenters. The van der Waals surface area contributed by atoms with Crippen LogP contribution in [0.1, 0.15) is 18.5 Å². The van der Waals surface area contributed by atoms with Crippen LogP contribution in [0.25, 0.3) is 0 Å². The molecule has 0 bridgehead atoms. The summed E-state index contributed by atoms with van der Waals surface area (Å²) < 4.78 is 4.91. The summed E-state index contributed by atoms with van der Waals surface area (Å²) in [6, 6.07) is 5.67. The molecule has 14 heavy (non-hydrogen) atoms. The fourth-order valence-electron chi connectivity index (χ4n) is 1.02. The van der Waals surface area contributed by atoms with E-state index in [4.69, 9.17) is 4.74 Å². The molecule has 0 spiro atoms. The number of nitrogens with zero attached hydrogens (tertiary/aromatic N) is 1. The summed E-state index contributed by atoms with van der Waals surface area (Å²) in [4.78, 5) is 15.0. The number of aromatic nitrogens is 1. The topological polar surface area (TPSA) is 39.2 Å². The number of esters is 1. The van der Waals surface area contributed by atoms with Crippen LogP contribution in [-0.4, -0.2) is 17.6 Å². The van der Waals surface area contributed by atoms with E-state index < -0.39 is 5.97 Å². The molecule has 1 aromatic heterocycles. The van der Waals surface area contributed by atoms with Gasteiger partial charge in [0.25, 0.3) is 0 Å². The van der Waals surface area contributed by atoms with Crippen LogP contribution < -0.4 is 0 Å². The van der Waals surface area contributed by atoms with Gasteiger partial charge in [0.2, 0.25) is 0 Å². The predicted octanol–water partition coefficient (Wildman–Crippen LogP) is 1.91. The first-order chi connectivity index (χ1) is 6.74. The summed E-state index contributed by atoms with van der Waals surface area (Å²) in [6.07, 6.45) is 2.88. The molecule has 1 atom stereocenters. The largest absolute Gasteiger partial charge is 0.462 e. The van der Waals surface area contributed by atoms with Crippen molar-refractivity contribution in [2.24, 2.45) is 0 Å². The number of rotatable bonds is 4. The number of carbonyl (C=O) groups excluding carboxylic acids is 1. The Morgan fingerprint density at radius 1 is 1.71 bits per heavy atom. The van der Waals surface area contributed by atoms with Crippen molar-refractivity contribution in [1.29, 1.82) is 0 Å². The molecule has 1 rings (SSSR count). The fourth-order valence-corrected chi connectivity index (χ4v) is 1.02. The smallest absolute Gasteiger partial charge is 0.330 e. The SMILES string of the molecule is C=CC(=O)OCC(C)c1ccccn1. The van der Waals surface area contributed by atoms with Crippen LogP contribution in [0, 0.1) is 0 Å². The number of pyridine rings is 1. The maximum atomic E-state index is 10.8. The highest BCUT2D eigenvalue weighted by molar-refractivity contribution is 5.81. The van der Waals surface area contributed by atoms with Crippen molar-refractivity contribution in [3.63, 3.8) is 0 Å². The van der Waals surface area contributed by atoms with Crippen molar-refractivity contribution in [1.82, 2.24) is 4.98 Å². The van der Waals surface area contributed by atoms with E-state index in [-0.39, 0.29) is 5.92 Å². The Balaban J connectivity index is 2.47. The highest BCUT2D eigenvalue weighted by Crippen LogP contribution is 2.11. The molecule has 0 saturated heterocycles. The number of carbonyl (C=O) groups is 1. The second-order valence-corrected chi connectivity index (χ2v) is 2.99. The van der Waals surface area contributed by atoms with E-state index in [1.54, 1.807) is 6.20 Å². The summed E-state index contributed by atoms with van der Waals surface area (Å²) in [5.74, 6) is -0.284. The molecular weight excluding hydrogens is 178 g/mol. The first-order valence-corrected chi connectivity index (χ1v) is 4.44. The zero-order valence-corrected chi connectivity index (χ0v) is 8.14. The van der Waals surface area contributed by atoms with Crippen molar-refractivity contribution in [3.05, 3.63) is 42.7 Å². The summed E-state index contributed by atoms with van der Waals surface area (Å²) in [5.41, 5.74) is 0.921. The molecule has 0 aliphatic rings. The lowest BCUT2D eigenvalue weighted by Crippen LogP contribution is -2.09. The van der Waals surface area contributed by atoms with Gasteiger partial charge in [-0.05, 0) is 12.1 Å². The van der Waals surface area contributed by atoms with Crippen molar-refractivity contribution in [2.45, 2.75) is 12.8 Å². The molecule has 0 aromatic carbocycles. The van der Waals surface area contributed by atoms with Crippen molar-refractivity contribution in [2.75, 3.05) is 6.61 Å². The third-order valence-corrected chi connectivity index (χ3v) is 1.83. The maximum absolute atomic E-state index is 10.8. The van der Waals surface area contributed by atoms with E-state index in [1.165, 1.54) is 0 Å². The lowest BCUT2D eigenvalue weighted by molar-refractivity contribution is -0.138. The summed E-state index contributed by atoms with van der Waals surface area (Å²) in [6.45, 7) is 5.61. The van der Waals surface area contributed by atoms with Gasteiger partial charge in [-0.3, -0.25) is 4.98 Å². The zero-order chi connectivity index (χ0) is 10.4. The minimum atomic E-state index is -0.396. The van der Waals surface area contributed by atoms with Crippen molar-refractivity contribution < 1.29 is 9.53 Å². The van der Waals surface area contributed by atoms with Gasteiger partial charge in [0.1, 0.15) is 0 Å². The Morgan fingerprint density at radius 3 is 3.07 bits per heavy atom. The van der Waals surface area contributed by atoms with E-state index in [2.05, 4.69) is 11.6 Å². The second kappa shape index (κ2) is 5.17. The maximum Gasteiger partial charge on any atom is 0.330 e. The van der Waals surface area contributed by atoms with Crippen LogP contribution >= 0.6 is 0 Å². The molecule has 0 saturated carbocycles. The van der Waals surface area contributed by atoms with Crippen LogP contribution in [0.15, 0.2) is 37.1 Å². The molecule has 1 aromatic rings. The van der Waals surface area contributed by atoms with Crippen molar-refractivity contribution >= 4 is 5.97 Å². The monoisotopic (exact) mass is 191 g/mol. The summed E-state index contributed by atoms with van der Waals surface area (Å²) >= 11 is 0. The Morgan fingerprint density at radius 2 is 2.50 bits per heavy atom. The lowest BCUT2D eigenvalue weighted by atomic mass is 10.1. The molecule has 1 heterocycles. The van der Waals surface area contributed by atoms with Gasteiger partial charge in [0.15, 0.2) is 0 Å². The first kappa shape index (κ1) is 10.4. The van der Waals surface area contributed by atoms with Gasteiger partial charge in [-0.1, -0.05) is 19.6 Å². The second-order valence-electron chi connectivity index (χ2n) is 2.99. The quantitative estimate of drug-likeness (QED) is 0.539. The summed E-state index contributed by atoms with van der Waals surface area (Å²) in [7, 11) is 0. The molecule has 3 heteroatoms. The van der Waals surface area contributed by atoms with Gasteiger partial charge in [-0.15, -0.1) is 0 Å². The first-order valence-electron chi connectivity index (χ1n) is 4.44. The van der Waals surface area contributed by atoms with E-state index >= 15 is 0 Å². The Kier molecular flexibility index (Phi) is 3.85. The minimum Gasteiger partial charge on any atom is -0.462 e. The number of ether oxygens (including phenoxy) is 1. The highest BCUT2D eigenvalue weighted by Gasteiger charge is 2.07. The predicted molar refractivity (Wildman–Crippen MR) is 53.8 cm³/mol. The van der Waals surface area contributed by atoms with Crippen LogP contribution in [0.2, 0.25) is 0 Å². The van der Waals surface area contributed by atoms with Gasteiger partial charge in [-0.2, -0.15) is 0 Å². The van der Waals surface area contributed by atoms with Gasteiger partial charge < -0.3 is 4.74 Å². The molecule has 0 aliphatic heterocycles. The fraction of sp³-hybridized carbons (Fsp3) is 0.273. The van der Waals surface area contributed by atoms with Gasteiger partial charge >= 0.3 is 5.97 Å². The molecule has 0 radical (unpaired) electrons. The van der Waals surface area contributed by atoms with Gasteiger partial charge in [-0.25, -0.2) is 4.79 Å². The average molecular weight is 191 g/mol. The van der Waals surface area contributed by atoms with E-state index in [0.29, 0.717) is 6.61 Å². The van der Waals surface area contributed by atoms with E-state index in [9.17, 15) is 4.79 Å². The molecule has 0 fully saturated rings. The molecule has 0 amide bonds. The molecule has 74 valence electrons. The third-order valence-electron chi connectivity index (χ3n) is 1.83. The Labute approximate surface area is 83.4 Å². The normalized spacial score (nSPS) is 11.8. The van der Waals surface area contributed by atoms with E-state index in [1.807, 2.05) is 25.1 Å². The van der Waals surface area contributed by atoms with E-state index in [0.717, 1.165) is 11.8 Å².